The Hall–Kier alpha value is -0.660. The number of carbonyl (C=O) groups is 1. The van der Waals surface area contributed by atoms with Crippen LogP contribution in [0, 0.1) is 0 Å². The van der Waals surface area contributed by atoms with Gasteiger partial charge in [-0.3, -0.25) is 4.55 Å². The Kier molecular flexibility index (Phi) is 4.89. The van der Waals surface area contributed by atoms with Crippen LogP contribution < -0.4 is 0 Å². The van der Waals surface area contributed by atoms with Crippen molar-refractivity contribution in [1.29, 1.82) is 0 Å². The minimum Gasteiger partial charge on any atom is -0.479 e. The molecule has 6 nitrogen and oxygen atoms in total. The van der Waals surface area contributed by atoms with Crippen LogP contribution in [-0.4, -0.2) is 41.0 Å². The zero-order valence-electron chi connectivity index (χ0n) is 6.88. The molecule has 0 aromatic rings. The Labute approximate surface area is 75.9 Å². The molecule has 0 aromatic heterocycles. The highest BCUT2D eigenvalue weighted by Gasteiger charge is 2.12. The lowest BCUT2D eigenvalue weighted by atomic mass is 10.2. The SMILES string of the molecule is O=C(O)C(O)CCCCS(=O)(=O)O. The van der Waals surface area contributed by atoms with Gasteiger partial charge < -0.3 is 10.2 Å². The van der Waals surface area contributed by atoms with Crippen LogP contribution in [0.25, 0.3) is 0 Å². The van der Waals surface area contributed by atoms with Gasteiger partial charge in [0.1, 0.15) is 0 Å². The zero-order chi connectivity index (χ0) is 10.5. The number of rotatable bonds is 6. The third-order valence-electron chi connectivity index (χ3n) is 1.41. The first kappa shape index (κ1) is 12.3. The molecule has 0 aliphatic rings. The monoisotopic (exact) mass is 212 g/mol. The molecule has 7 heteroatoms. The van der Waals surface area contributed by atoms with E-state index in [9.17, 15) is 13.2 Å². The molecule has 78 valence electrons. The Morgan fingerprint density at radius 3 is 2.23 bits per heavy atom. The van der Waals surface area contributed by atoms with Gasteiger partial charge in [0.15, 0.2) is 6.10 Å². The number of aliphatic carboxylic acids is 1. The fourth-order valence-electron chi connectivity index (χ4n) is 0.746. The van der Waals surface area contributed by atoms with E-state index >= 15 is 0 Å². The van der Waals surface area contributed by atoms with Crippen molar-refractivity contribution >= 4 is 16.1 Å². The van der Waals surface area contributed by atoms with Gasteiger partial charge in [-0.05, 0) is 19.3 Å². The van der Waals surface area contributed by atoms with Gasteiger partial charge in [0, 0.05) is 0 Å². The van der Waals surface area contributed by atoms with Gasteiger partial charge in [0.25, 0.3) is 10.1 Å². The fourth-order valence-corrected chi connectivity index (χ4v) is 1.31. The van der Waals surface area contributed by atoms with Crippen LogP contribution in [0.2, 0.25) is 0 Å². The van der Waals surface area contributed by atoms with E-state index in [1.807, 2.05) is 0 Å². The second-order valence-corrected chi connectivity index (χ2v) is 4.21. The van der Waals surface area contributed by atoms with E-state index in [0.29, 0.717) is 0 Å². The van der Waals surface area contributed by atoms with Gasteiger partial charge in [0.05, 0.1) is 5.75 Å². The summed E-state index contributed by atoms with van der Waals surface area (Å²) < 4.78 is 28.7. The molecule has 0 aliphatic carbocycles. The summed E-state index contributed by atoms with van der Waals surface area (Å²) in [6, 6.07) is 0. The van der Waals surface area contributed by atoms with Crippen LogP contribution in [0.1, 0.15) is 19.3 Å². The van der Waals surface area contributed by atoms with Gasteiger partial charge in [-0.1, -0.05) is 0 Å². The van der Waals surface area contributed by atoms with Gasteiger partial charge in [-0.15, -0.1) is 0 Å². The number of unbranched alkanes of at least 4 members (excludes halogenated alkanes) is 1. The van der Waals surface area contributed by atoms with E-state index in [1.54, 1.807) is 0 Å². The molecule has 0 aliphatic heterocycles. The molecule has 0 amide bonds. The molecular formula is C6H12O6S. The summed E-state index contributed by atoms with van der Waals surface area (Å²) in [4.78, 5) is 10.1. The minimum atomic E-state index is -3.97. The maximum absolute atomic E-state index is 10.2. The normalized spacial score (nSPS) is 14.0. The van der Waals surface area contributed by atoms with E-state index in [1.165, 1.54) is 0 Å². The molecule has 0 saturated carbocycles. The van der Waals surface area contributed by atoms with Crippen molar-refractivity contribution in [3.05, 3.63) is 0 Å². The Morgan fingerprint density at radius 1 is 1.31 bits per heavy atom. The average molecular weight is 212 g/mol. The molecule has 0 fully saturated rings. The van der Waals surface area contributed by atoms with Crippen molar-refractivity contribution in [3.8, 4) is 0 Å². The van der Waals surface area contributed by atoms with Crippen molar-refractivity contribution in [2.24, 2.45) is 0 Å². The molecule has 3 N–H and O–H groups in total. The summed E-state index contributed by atoms with van der Waals surface area (Å²) in [5.74, 6) is -1.73. The van der Waals surface area contributed by atoms with Crippen molar-refractivity contribution < 1.29 is 28.0 Å². The summed E-state index contributed by atoms with van der Waals surface area (Å²) in [6.45, 7) is 0. The van der Waals surface area contributed by atoms with Crippen LogP contribution in [0.3, 0.4) is 0 Å². The molecule has 13 heavy (non-hydrogen) atoms. The zero-order valence-corrected chi connectivity index (χ0v) is 7.70. The van der Waals surface area contributed by atoms with Crippen LogP contribution in [0.5, 0.6) is 0 Å². The first-order chi connectivity index (χ1) is 5.83. The summed E-state index contributed by atoms with van der Waals surface area (Å²) in [6.07, 6.45) is -1.08. The Morgan fingerprint density at radius 2 is 1.85 bits per heavy atom. The predicted octanol–water partition coefficient (Wildman–Crippen LogP) is -0.510. The maximum Gasteiger partial charge on any atom is 0.332 e. The second-order valence-electron chi connectivity index (χ2n) is 2.64. The highest BCUT2D eigenvalue weighted by Crippen LogP contribution is 2.02. The summed E-state index contributed by atoms with van der Waals surface area (Å²) >= 11 is 0. The first-order valence-corrected chi connectivity index (χ1v) is 5.30. The molecule has 0 radical (unpaired) electrons. The van der Waals surface area contributed by atoms with E-state index in [0.717, 1.165) is 0 Å². The van der Waals surface area contributed by atoms with Crippen LogP contribution in [-0.2, 0) is 14.9 Å². The standard InChI is InChI=1S/C6H12O6S/c7-5(6(8)9)3-1-2-4-13(10,11)12/h5,7H,1-4H2,(H,8,9)(H,10,11,12). The molecule has 0 aromatic carbocycles. The quantitative estimate of drug-likeness (QED) is 0.404. The van der Waals surface area contributed by atoms with Gasteiger partial charge in [0.2, 0.25) is 0 Å². The topological polar surface area (TPSA) is 112 Å². The first-order valence-electron chi connectivity index (χ1n) is 3.69. The minimum absolute atomic E-state index is 0.00907. The average Bonchev–Trinajstić information content (AvgIpc) is 1.95. The van der Waals surface area contributed by atoms with Gasteiger partial charge >= 0.3 is 5.97 Å². The number of carboxylic acids is 1. The molecule has 0 bridgehead atoms. The largest absolute Gasteiger partial charge is 0.479 e. The molecule has 0 rings (SSSR count). The van der Waals surface area contributed by atoms with Crippen molar-refractivity contribution in [3.63, 3.8) is 0 Å². The van der Waals surface area contributed by atoms with E-state index in [4.69, 9.17) is 14.8 Å². The highest BCUT2D eigenvalue weighted by molar-refractivity contribution is 7.85. The summed E-state index contributed by atoms with van der Waals surface area (Å²) in [7, 11) is -3.97. The lowest BCUT2D eigenvalue weighted by molar-refractivity contribution is -0.146. The number of carboxylic acid groups (broad SMARTS) is 1. The van der Waals surface area contributed by atoms with E-state index < -0.39 is 27.9 Å². The molecule has 0 saturated heterocycles. The summed E-state index contributed by atoms with van der Waals surface area (Å²) in [5.41, 5.74) is 0. The molecule has 0 spiro atoms. The van der Waals surface area contributed by atoms with E-state index in [2.05, 4.69) is 0 Å². The number of aliphatic hydroxyl groups is 1. The Bertz CT molecular complexity index is 256. The number of hydrogen-bond donors (Lipinski definition) is 3. The summed E-state index contributed by atoms with van der Waals surface area (Å²) in [5, 5.41) is 17.0. The lowest BCUT2D eigenvalue weighted by Gasteiger charge is -2.03. The third kappa shape index (κ3) is 7.69. The van der Waals surface area contributed by atoms with Crippen LogP contribution >= 0.6 is 0 Å². The molecule has 0 heterocycles. The van der Waals surface area contributed by atoms with Crippen molar-refractivity contribution in [2.45, 2.75) is 25.4 Å². The Balaban J connectivity index is 3.53. The molecule has 1 unspecified atom stereocenters. The lowest BCUT2D eigenvalue weighted by Crippen LogP contribution is -2.19. The maximum atomic E-state index is 10.2. The predicted molar refractivity (Wildman–Crippen MR) is 43.9 cm³/mol. The fraction of sp³-hybridized carbons (Fsp3) is 0.833. The van der Waals surface area contributed by atoms with Crippen molar-refractivity contribution in [2.75, 3.05) is 5.75 Å². The van der Waals surface area contributed by atoms with Crippen LogP contribution in [0.4, 0.5) is 0 Å². The van der Waals surface area contributed by atoms with Gasteiger partial charge in [-0.2, -0.15) is 8.42 Å². The van der Waals surface area contributed by atoms with Crippen LogP contribution in [0.15, 0.2) is 0 Å². The van der Waals surface area contributed by atoms with Gasteiger partial charge in [-0.25, -0.2) is 4.79 Å². The second kappa shape index (κ2) is 5.15. The van der Waals surface area contributed by atoms with E-state index in [-0.39, 0.29) is 19.3 Å². The molecular weight excluding hydrogens is 200 g/mol. The number of aliphatic hydroxyl groups excluding tert-OH is 1. The smallest absolute Gasteiger partial charge is 0.332 e. The number of hydrogen-bond acceptors (Lipinski definition) is 4. The third-order valence-corrected chi connectivity index (χ3v) is 2.22. The molecule has 1 atom stereocenters. The highest BCUT2D eigenvalue weighted by atomic mass is 32.2. The van der Waals surface area contributed by atoms with Crippen molar-refractivity contribution in [1.82, 2.24) is 0 Å².